The van der Waals surface area contributed by atoms with E-state index in [0.717, 1.165) is 16.8 Å². The van der Waals surface area contributed by atoms with E-state index in [-0.39, 0.29) is 12.5 Å². The number of ether oxygens (including phenoxy) is 1. The number of anilines is 1. The van der Waals surface area contributed by atoms with Gasteiger partial charge in [-0.1, -0.05) is 72.3 Å². The van der Waals surface area contributed by atoms with Crippen LogP contribution in [0.25, 0.3) is 10.8 Å². The van der Waals surface area contributed by atoms with Crippen LogP contribution in [0.3, 0.4) is 0 Å². The van der Waals surface area contributed by atoms with Gasteiger partial charge in [0, 0.05) is 11.3 Å². The average Bonchev–Trinajstić information content (AvgIpc) is 2.83. The lowest BCUT2D eigenvalue weighted by atomic mass is 10.1. The SMILES string of the molecule is Cc1ccc(NCC(=O)N/N=C\c2ccccc2OCc2cccc3ccccc23)cc1. The Hall–Kier alpha value is -4.12. The lowest BCUT2D eigenvalue weighted by Gasteiger charge is -2.11. The zero-order chi connectivity index (χ0) is 22.2. The van der Waals surface area contributed by atoms with Crippen LogP contribution >= 0.6 is 0 Å². The van der Waals surface area contributed by atoms with E-state index in [4.69, 9.17) is 4.74 Å². The van der Waals surface area contributed by atoms with Gasteiger partial charge < -0.3 is 10.1 Å². The minimum Gasteiger partial charge on any atom is -0.488 e. The number of para-hydroxylation sites is 1. The molecule has 5 heteroatoms. The van der Waals surface area contributed by atoms with Gasteiger partial charge in [0.15, 0.2) is 0 Å². The number of carbonyl (C=O) groups excluding carboxylic acids is 1. The van der Waals surface area contributed by atoms with E-state index in [1.165, 1.54) is 16.3 Å². The molecule has 0 aliphatic carbocycles. The Bertz CT molecular complexity index is 1230. The summed E-state index contributed by atoms with van der Waals surface area (Å²) in [7, 11) is 0. The van der Waals surface area contributed by atoms with Gasteiger partial charge in [-0.2, -0.15) is 5.10 Å². The molecule has 4 aromatic rings. The van der Waals surface area contributed by atoms with E-state index in [0.29, 0.717) is 12.4 Å². The van der Waals surface area contributed by atoms with Crippen LogP contribution in [0.5, 0.6) is 5.75 Å². The van der Waals surface area contributed by atoms with Crippen LogP contribution in [0.15, 0.2) is 96.1 Å². The highest BCUT2D eigenvalue weighted by molar-refractivity contribution is 5.87. The van der Waals surface area contributed by atoms with Crippen LogP contribution in [-0.2, 0) is 11.4 Å². The van der Waals surface area contributed by atoms with Gasteiger partial charge >= 0.3 is 0 Å². The van der Waals surface area contributed by atoms with Gasteiger partial charge in [-0.05, 0) is 47.5 Å². The summed E-state index contributed by atoms with van der Waals surface area (Å²) in [6, 6.07) is 29.9. The van der Waals surface area contributed by atoms with Crippen LogP contribution in [0.2, 0.25) is 0 Å². The summed E-state index contributed by atoms with van der Waals surface area (Å²) < 4.78 is 6.09. The summed E-state index contributed by atoms with van der Waals surface area (Å²) in [5.41, 5.74) is 6.52. The molecule has 0 bridgehead atoms. The third-order valence-corrected chi connectivity index (χ3v) is 5.08. The van der Waals surface area contributed by atoms with Crippen molar-refractivity contribution >= 4 is 28.6 Å². The molecule has 0 radical (unpaired) electrons. The van der Waals surface area contributed by atoms with Crippen LogP contribution in [0.1, 0.15) is 16.7 Å². The maximum atomic E-state index is 12.1. The molecule has 0 saturated heterocycles. The molecule has 0 saturated carbocycles. The molecule has 0 unspecified atom stereocenters. The molecule has 4 aromatic carbocycles. The van der Waals surface area contributed by atoms with Gasteiger partial charge in [-0.15, -0.1) is 0 Å². The normalized spacial score (nSPS) is 10.9. The molecule has 32 heavy (non-hydrogen) atoms. The number of carbonyl (C=O) groups is 1. The van der Waals surface area contributed by atoms with E-state index in [1.807, 2.05) is 73.7 Å². The minimum atomic E-state index is -0.226. The third-order valence-electron chi connectivity index (χ3n) is 5.08. The second kappa shape index (κ2) is 10.3. The molecular formula is C27H25N3O2. The highest BCUT2D eigenvalue weighted by Gasteiger charge is 2.05. The Morgan fingerprint density at radius 3 is 2.53 bits per heavy atom. The van der Waals surface area contributed by atoms with E-state index in [1.54, 1.807) is 6.21 Å². The first-order chi connectivity index (χ1) is 15.7. The van der Waals surface area contributed by atoms with E-state index >= 15 is 0 Å². The van der Waals surface area contributed by atoms with E-state index in [9.17, 15) is 4.79 Å². The number of benzene rings is 4. The second-order valence-corrected chi connectivity index (χ2v) is 7.48. The Kier molecular flexibility index (Phi) is 6.78. The molecule has 5 nitrogen and oxygen atoms in total. The highest BCUT2D eigenvalue weighted by Crippen LogP contribution is 2.22. The van der Waals surface area contributed by atoms with Crippen LogP contribution in [0.4, 0.5) is 5.69 Å². The van der Waals surface area contributed by atoms with Crippen molar-refractivity contribution in [2.24, 2.45) is 5.10 Å². The summed E-state index contributed by atoms with van der Waals surface area (Å²) >= 11 is 0. The Morgan fingerprint density at radius 2 is 1.66 bits per heavy atom. The fraction of sp³-hybridized carbons (Fsp3) is 0.111. The van der Waals surface area contributed by atoms with Gasteiger partial charge in [-0.25, -0.2) is 5.43 Å². The van der Waals surface area contributed by atoms with Crippen molar-refractivity contribution in [2.45, 2.75) is 13.5 Å². The van der Waals surface area contributed by atoms with Crippen molar-refractivity contribution in [1.82, 2.24) is 5.43 Å². The summed E-state index contributed by atoms with van der Waals surface area (Å²) in [4.78, 5) is 12.1. The number of amides is 1. The van der Waals surface area contributed by atoms with Crippen LogP contribution < -0.4 is 15.5 Å². The van der Waals surface area contributed by atoms with Gasteiger partial charge in [0.1, 0.15) is 12.4 Å². The van der Waals surface area contributed by atoms with Gasteiger partial charge in [-0.3, -0.25) is 4.79 Å². The summed E-state index contributed by atoms with van der Waals surface area (Å²) in [6.45, 7) is 2.60. The van der Waals surface area contributed by atoms with Crippen molar-refractivity contribution < 1.29 is 9.53 Å². The molecule has 160 valence electrons. The highest BCUT2D eigenvalue weighted by atomic mass is 16.5. The molecule has 0 fully saturated rings. The quantitative estimate of drug-likeness (QED) is 0.299. The monoisotopic (exact) mass is 423 g/mol. The standard InChI is InChI=1S/C27H25N3O2/c1-20-13-15-24(16-14-20)28-18-27(31)30-29-17-22-8-3-5-12-26(22)32-19-23-10-6-9-21-7-2-4-11-25(21)23/h2-17,28H,18-19H2,1H3,(H,30,31)/b29-17-. The number of fused-ring (bicyclic) bond motifs is 1. The lowest BCUT2D eigenvalue weighted by Crippen LogP contribution is -2.25. The van der Waals surface area contributed by atoms with Gasteiger partial charge in [0.05, 0.1) is 12.8 Å². The van der Waals surface area contributed by atoms with Crippen molar-refractivity contribution in [3.8, 4) is 5.75 Å². The molecule has 0 aromatic heterocycles. The Labute approximate surface area is 187 Å². The molecule has 0 aliphatic heterocycles. The fourth-order valence-electron chi connectivity index (χ4n) is 3.36. The number of rotatable bonds is 8. The molecule has 2 N–H and O–H groups in total. The lowest BCUT2D eigenvalue weighted by molar-refractivity contribution is -0.119. The third kappa shape index (κ3) is 5.52. The molecule has 1 amide bonds. The number of nitrogens with zero attached hydrogens (tertiary/aromatic N) is 1. The predicted octanol–water partition coefficient (Wildman–Crippen LogP) is 5.29. The fourth-order valence-corrected chi connectivity index (χ4v) is 3.36. The van der Waals surface area contributed by atoms with Crippen LogP contribution in [-0.4, -0.2) is 18.7 Å². The Morgan fingerprint density at radius 1 is 0.906 bits per heavy atom. The summed E-state index contributed by atoms with van der Waals surface area (Å²) in [6.07, 6.45) is 1.60. The predicted molar refractivity (Wildman–Crippen MR) is 130 cm³/mol. The minimum absolute atomic E-state index is 0.139. The van der Waals surface area contributed by atoms with Gasteiger partial charge in [0.25, 0.3) is 5.91 Å². The maximum absolute atomic E-state index is 12.1. The maximum Gasteiger partial charge on any atom is 0.259 e. The van der Waals surface area contributed by atoms with Crippen molar-refractivity contribution in [3.63, 3.8) is 0 Å². The molecule has 0 aliphatic rings. The number of hydrogen-bond donors (Lipinski definition) is 2. The first kappa shape index (κ1) is 21.1. The number of aryl methyl sites for hydroxylation is 1. The number of hydrogen-bond acceptors (Lipinski definition) is 4. The average molecular weight is 424 g/mol. The number of nitrogens with one attached hydrogen (secondary N) is 2. The zero-order valence-electron chi connectivity index (χ0n) is 17.9. The smallest absolute Gasteiger partial charge is 0.259 e. The van der Waals surface area contributed by atoms with Crippen molar-refractivity contribution in [2.75, 3.05) is 11.9 Å². The van der Waals surface area contributed by atoms with Crippen molar-refractivity contribution in [3.05, 3.63) is 108 Å². The molecule has 0 heterocycles. The molecule has 0 atom stereocenters. The van der Waals surface area contributed by atoms with E-state index < -0.39 is 0 Å². The van der Waals surface area contributed by atoms with Crippen molar-refractivity contribution in [1.29, 1.82) is 0 Å². The number of hydrazone groups is 1. The van der Waals surface area contributed by atoms with Gasteiger partial charge in [0.2, 0.25) is 0 Å². The molecule has 4 rings (SSSR count). The molecular weight excluding hydrogens is 398 g/mol. The second-order valence-electron chi connectivity index (χ2n) is 7.48. The summed E-state index contributed by atoms with van der Waals surface area (Å²) in [5, 5.41) is 9.52. The first-order valence-corrected chi connectivity index (χ1v) is 10.5. The zero-order valence-corrected chi connectivity index (χ0v) is 17.9. The van der Waals surface area contributed by atoms with Crippen LogP contribution in [0, 0.1) is 6.92 Å². The first-order valence-electron chi connectivity index (χ1n) is 10.5. The Balaban J connectivity index is 1.35. The summed E-state index contributed by atoms with van der Waals surface area (Å²) in [5.74, 6) is 0.479. The topological polar surface area (TPSA) is 62.7 Å². The largest absolute Gasteiger partial charge is 0.488 e. The molecule has 0 spiro atoms. The van der Waals surface area contributed by atoms with E-state index in [2.05, 4.69) is 40.1 Å².